The number of aliphatic carboxylic acids is 1. The summed E-state index contributed by atoms with van der Waals surface area (Å²) in [5.74, 6) is -1.03. The number of phenols is 1. The Balaban J connectivity index is 2.87. The third-order valence-corrected chi connectivity index (χ3v) is 2.47. The van der Waals surface area contributed by atoms with Crippen molar-refractivity contribution in [3.63, 3.8) is 0 Å². The summed E-state index contributed by atoms with van der Waals surface area (Å²) in [6.45, 7) is 0. The van der Waals surface area contributed by atoms with Gasteiger partial charge in [-0.15, -0.1) is 0 Å². The lowest BCUT2D eigenvalue weighted by atomic mass is 10.1. The van der Waals surface area contributed by atoms with Gasteiger partial charge in [-0.3, -0.25) is 4.79 Å². The smallest absolute Gasteiger partial charge is 0.320 e. The molecule has 0 heterocycles. The number of rotatable bonds is 3. The van der Waals surface area contributed by atoms with Crippen molar-refractivity contribution < 1.29 is 15.0 Å². The van der Waals surface area contributed by atoms with Gasteiger partial charge in [0.05, 0.1) is 4.47 Å². The fraction of sp³-hybridized carbons (Fsp3) is 0.222. The maximum absolute atomic E-state index is 10.5. The lowest BCUT2D eigenvalue weighted by Gasteiger charge is -2.08. The van der Waals surface area contributed by atoms with Gasteiger partial charge in [-0.1, -0.05) is 12.1 Å². The Morgan fingerprint density at radius 1 is 1.57 bits per heavy atom. The van der Waals surface area contributed by atoms with Crippen molar-refractivity contribution in [2.45, 2.75) is 12.5 Å². The van der Waals surface area contributed by atoms with Gasteiger partial charge in [-0.25, -0.2) is 0 Å². The number of aromatic hydroxyl groups is 1. The normalized spacial score (nSPS) is 12.4. The predicted molar refractivity (Wildman–Crippen MR) is 55.1 cm³/mol. The highest BCUT2D eigenvalue weighted by Gasteiger charge is 2.15. The Hall–Kier alpha value is -1.07. The summed E-state index contributed by atoms with van der Waals surface area (Å²) in [6, 6.07) is 4.04. The lowest BCUT2D eigenvalue weighted by molar-refractivity contribution is -0.138. The summed E-state index contributed by atoms with van der Waals surface area (Å²) in [4.78, 5) is 10.5. The van der Waals surface area contributed by atoms with E-state index in [9.17, 15) is 9.90 Å². The average molecular weight is 260 g/mol. The number of hydrogen-bond acceptors (Lipinski definition) is 3. The molecule has 0 aliphatic rings. The fourth-order valence-electron chi connectivity index (χ4n) is 1.05. The monoisotopic (exact) mass is 259 g/mol. The van der Waals surface area contributed by atoms with Gasteiger partial charge in [0.1, 0.15) is 11.8 Å². The van der Waals surface area contributed by atoms with Crippen molar-refractivity contribution in [3.8, 4) is 5.75 Å². The van der Waals surface area contributed by atoms with Crippen molar-refractivity contribution in [2.75, 3.05) is 0 Å². The largest absolute Gasteiger partial charge is 0.506 e. The maximum atomic E-state index is 10.5. The standard InChI is InChI=1S/C9H10BrNO3/c10-6-3-1-2-5(8(6)12)4-7(11)9(13)14/h1-3,7,12H,4,11H2,(H,13,14)/t7-/m0/s1. The van der Waals surface area contributed by atoms with E-state index in [1.54, 1.807) is 18.2 Å². The zero-order chi connectivity index (χ0) is 10.7. The molecule has 0 aliphatic heterocycles. The molecule has 0 amide bonds. The van der Waals surface area contributed by atoms with Gasteiger partial charge < -0.3 is 15.9 Å². The quantitative estimate of drug-likeness (QED) is 0.760. The molecule has 0 aromatic heterocycles. The molecule has 5 heteroatoms. The van der Waals surface area contributed by atoms with Crippen LogP contribution in [0.5, 0.6) is 5.75 Å². The van der Waals surface area contributed by atoms with Crippen molar-refractivity contribution in [2.24, 2.45) is 5.73 Å². The van der Waals surface area contributed by atoms with Crippen LogP contribution in [0.25, 0.3) is 0 Å². The number of carboxylic acids is 1. The zero-order valence-electron chi connectivity index (χ0n) is 7.27. The van der Waals surface area contributed by atoms with Crippen LogP contribution in [0, 0.1) is 0 Å². The molecule has 1 atom stereocenters. The number of halogens is 1. The van der Waals surface area contributed by atoms with Crippen LogP contribution >= 0.6 is 15.9 Å². The van der Waals surface area contributed by atoms with E-state index in [1.165, 1.54) is 0 Å². The van der Waals surface area contributed by atoms with Crippen molar-refractivity contribution in [1.29, 1.82) is 0 Å². The molecule has 0 saturated heterocycles. The van der Waals surface area contributed by atoms with Crippen LogP contribution in [0.15, 0.2) is 22.7 Å². The van der Waals surface area contributed by atoms with Gasteiger partial charge in [0.25, 0.3) is 0 Å². The third kappa shape index (κ3) is 2.46. The second kappa shape index (κ2) is 4.43. The molecule has 0 aliphatic carbocycles. The van der Waals surface area contributed by atoms with Crippen molar-refractivity contribution in [1.82, 2.24) is 0 Å². The van der Waals surface area contributed by atoms with E-state index in [0.717, 1.165) is 0 Å². The highest BCUT2D eigenvalue weighted by molar-refractivity contribution is 9.10. The third-order valence-electron chi connectivity index (χ3n) is 1.83. The summed E-state index contributed by atoms with van der Waals surface area (Å²) in [5.41, 5.74) is 5.86. The van der Waals surface area contributed by atoms with Crippen LogP contribution < -0.4 is 5.73 Å². The van der Waals surface area contributed by atoms with Gasteiger partial charge in [0, 0.05) is 6.42 Å². The minimum absolute atomic E-state index is 0.0456. The molecule has 4 nitrogen and oxygen atoms in total. The highest BCUT2D eigenvalue weighted by Crippen LogP contribution is 2.27. The average Bonchev–Trinajstić information content (AvgIpc) is 2.12. The van der Waals surface area contributed by atoms with Crippen LogP contribution in [0.3, 0.4) is 0 Å². The molecule has 0 spiro atoms. The van der Waals surface area contributed by atoms with Gasteiger partial charge in [0.15, 0.2) is 0 Å². The molecule has 1 aromatic carbocycles. The molecule has 0 bridgehead atoms. The van der Waals surface area contributed by atoms with Crippen LogP contribution in [0.4, 0.5) is 0 Å². The second-order valence-corrected chi connectivity index (χ2v) is 3.75. The lowest BCUT2D eigenvalue weighted by Crippen LogP contribution is -2.32. The zero-order valence-corrected chi connectivity index (χ0v) is 8.86. The molecule has 4 N–H and O–H groups in total. The van der Waals surface area contributed by atoms with Crippen LogP contribution in [0.2, 0.25) is 0 Å². The first-order valence-electron chi connectivity index (χ1n) is 3.97. The van der Waals surface area contributed by atoms with E-state index in [1.807, 2.05) is 0 Å². The van der Waals surface area contributed by atoms with Crippen LogP contribution in [-0.2, 0) is 11.2 Å². The molecule has 1 rings (SSSR count). The Morgan fingerprint density at radius 3 is 2.79 bits per heavy atom. The number of carbonyl (C=O) groups is 1. The molecule has 1 aromatic rings. The van der Waals surface area contributed by atoms with Gasteiger partial charge in [0.2, 0.25) is 0 Å². The number of hydrogen-bond donors (Lipinski definition) is 3. The SMILES string of the molecule is N[C@@H](Cc1cccc(Br)c1O)C(=O)O. The predicted octanol–water partition coefficient (Wildman–Crippen LogP) is 1.11. The number of carboxylic acid groups (broad SMARTS) is 1. The van der Waals surface area contributed by atoms with E-state index in [0.29, 0.717) is 10.0 Å². The second-order valence-electron chi connectivity index (χ2n) is 2.90. The first kappa shape index (κ1) is 11.0. The molecule has 0 unspecified atom stereocenters. The van der Waals surface area contributed by atoms with E-state index in [4.69, 9.17) is 10.8 Å². The topological polar surface area (TPSA) is 83.5 Å². The Bertz CT molecular complexity index is 354. The first-order chi connectivity index (χ1) is 6.52. The molecule has 0 fully saturated rings. The molecule has 0 radical (unpaired) electrons. The van der Waals surface area contributed by atoms with Crippen molar-refractivity contribution >= 4 is 21.9 Å². The van der Waals surface area contributed by atoms with E-state index in [2.05, 4.69) is 15.9 Å². The number of phenolic OH excluding ortho intramolecular Hbond substituents is 1. The molecule has 76 valence electrons. The summed E-state index contributed by atoms with van der Waals surface area (Å²) < 4.78 is 0.535. The number of nitrogens with two attached hydrogens (primary N) is 1. The van der Waals surface area contributed by atoms with Crippen LogP contribution in [0.1, 0.15) is 5.56 Å². The van der Waals surface area contributed by atoms with Gasteiger partial charge in [-0.2, -0.15) is 0 Å². The summed E-state index contributed by atoms with van der Waals surface area (Å²) in [5, 5.41) is 18.1. The Morgan fingerprint density at radius 2 is 2.21 bits per heavy atom. The van der Waals surface area contributed by atoms with Crippen molar-refractivity contribution in [3.05, 3.63) is 28.2 Å². The Labute approximate surface area is 89.5 Å². The first-order valence-corrected chi connectivity index (χ1v) is 4.76. The number of benzene rings is 1. The van der Waals surface area contributed by atoms with E-state index >= 15 is 0 Å². The Kier molecular flexibility index (Phi) is 3.49. The molecule has 14 heavy (non-hydrogen) atoms. The molecular formula is C9H10BrNO3. The maximum Gasteiger partial charge on any atom is 0.320 e. The van der Waals surface area contributed by atoms with E-state index < -0.39 is 12.0 Å². The summed E-state index contributed by atoms with van der Waals surface area (Å²) >= 11 is 3.13. The summed E-state index contributed by atoms with van der Waals surface area (Å²) in [6.07, 6.45) is 0.112. The van der Waals surface area contributed by atoms with E-state index in [-0.39, 0.29) is 12.2 Å². The summed E-state index contributed by atoms with van der Waals surface area (Å²) in [7, 11) is 0. The minimum Gasteiger partial charge on any atom is -0.506 e. The molecule has 0 saturated carbocycles. The number of para-hydroxylation sites is 1. The fourth-order valence-corrected chi connectivity index (χ4v) is 1.46. The van der Waals surface area contributed by atoms with Crippen LogP contribution in [-0.4, -0.2) is 22.2 Å². The highest BCUT2D eigenvalue weighted by atomic mass is 79.9. The minimum atomic E-state index is -1.08. The molecular weight excluding hydrogens is 250 g/mol. The van der Waals surface area contributed by atoms with Gasteiger partial charge in [-0.05, 0) is 27.6 Å². The van der Waals surface area contributed by atoms with Gasteiger partial charge >= 0.3 is 5.97 Å².